The molecule has 0 aliphatic heterocycles. The molecule has 1 amide bonds. The fourth-order valence-electron chi connectivity index (χ4n) is 3.87. The Bertz CT molecular complexity index is 405. The molecule has 0 N–H and O–H groups in total. The molecule has 0 aromatic carbocycles. The summed E-state index contributed by atoms with van der Waals surface area (Å²) in [6.45, 7) is 2.62. The molecular formula is C16H27NO4. The van der Waals surface area contributed by atoms with E-state index in [1.807, 2.05) is 6.92 Å². The summed E-state index contributed by atoms with van der Waals surface area (Å²) in [4.78, 5) is 17.5. The Morgan fingerprint density at radius 2 is 2.19 bits per heavy atom. The van der Waals surface area contributed by atoms with Crippen LogP contribution in [0.4, 0.5) is 0 Å². The highest BCUT2D eigenvalue weighted by molar-refractivity contribution is 5.93. The third-order valence-electron chi connectivity index (χ3n) is 4.87. The molecule has 2 rings (SSSR count). The molecule has 2 aliphatic carbocycles. The maximum absolute atomic E-state index is 12.5. The monoisotopic (exact) mass is 297 g/mol. The molecule has 1 fully saturated rings. The Morgan fingerprint density at radius 3 is 2.81 bits per heavy atom. The van der Waals surface area contributed by atoms with Crippen molar-refractivity contribution in [2.45, 2.75) is 44.8 Å². The first-order valence-corrected chi connectivity index (χ1v) is 7.81. The summed E-state index contributed by atoms with van der Waals surface area (Å²) in [7, 11) is 4.89. The smallest absolute Gasteiger partial charge is 0.273 e. The molecule has 3 atom stereocenters. The van der Waals surface area contributed by atoms with Gasteiger partial charge in [-0.1, -0.05) is 6.08 Å². The molecule has 0 bridgehead atoms. The van der Waals surface area contributed by atoms with Crippen molar-refractivity contribution in [1.82, 2.24) is 5.06 Å². The van der Waals surface area contributed by atoms with E-state index in [0.717, 1.165) is 37.7 Å². The third kappa shape index (κ3) is 3.00. The van der Waals surface area contributed by atoms with Gasteiger partial charge in [0.15, 0.2) is 5.79 Å². The van der Waals surface area contributed by atoms with Crippen LogP contribution in [0.5, 0.6) is 0 Å². The van der Waals surface area contributed by atoms with Gasteiger partial charge in [0, 0.05) is 38.7 Å². The minimum Gasteiger partial charge on any atom is -0.353 e. The molecule has 120 valence electrons. The number of methoxy groups -OCH3 is 1. The fraction of sp³-hybridized carbons (Fsp3) is 0.812. The van der Waals surface area contributed by atoms with Crippen molar-refractivity contribution in [3.8, 4) is 0 Å². The van der Waals surface area contributed by atoms with E-state index in [9.17, 15) is 4.79 Å². The molecule has 0 heterocycles. The lowest BCUT2D eigenvalue weighted by Crippen LogP contribution is -2.51. The van der Waals surface area contributed by atoms with E-state index in [0.29, 0.717) is 6.61 Å². The van der Waals surface area contributed by atoms with Crippen LogP contribution in [0.15, 0.2) is 11.6 Å². The van der Waals surface area contributed by atoms with E-state index in [1.54, 1.807) is 14.2 Å². The number of likely N-dealkylation sites (N-methyl/N-ethyl adjacent to an activating group) is 1. The third-order valence-corrected chi connectivity index (χ3v) is 4.87. The molecule has 1 saturated carbocycles. The van der Waals surface area contributed by atoms with Crippen LogP contribution in [-0.4, -0.2) is 44.6 Å². The highest BCUT2D eigenvalue weighted by atomic mass is 16.7. The molecule has 21 heavy (non-hydrogen) atoms. The molecule has 5 heteroatoms. The summed E-state index contributed by atoms with van der Waals surface area (Å²) in [5.41, 5.74) is 0.858. The van der Waals surface area contributed by atoms with Crippen molar-refractivity contribution in [2.75, 3.05) is 27.9 Å². The maximum Gasteiger partial charge on any atom is 0.273 e. The quantitative estimate of drug-likeness (QED) is 0.578. The second-order valence-electron chi connectivity index (χ2n) is 5.78. The Morgan fingerprint density at radius 1 is 1.43 bits per heavy atom. The van der Waals surface area contributed by atoms with Gasteiger partial charge < -0.3 is 9.47 Å². The van der Waals surface area contributed by atoms with Crippen LogP contribution in [0.3, 0.4) is 0 Å². The van der Waals surface area contributed by atoms with Crippen LogP contribution in [0, 0.1) is 11.8 Å². The predicted octanol–water partition coefficient (Wildman–Crippen LogP) is 2.52. The lowest BCUT2D eigenvalue weighted by Gasteiger charge is -2.48. The van der Waals surface area contributed by atoms with Gasteiger partial charge >= 0.3 is 0 Å². The van der Waals surface area contributed by atoms with E-state index >= 15 is 0 Å². The molecule has 0 radical (unpaired) electrons. The number of allylic oxidation sites excluding steroid dienone is 1. The normalized spacial score (nSPS) is 32.3. The lowest BCUT2D eigenvalue weighted by atomic mass is 9.66. The number of ether oxygens (including phenoxy) is 2. The summed E-state index contributed by atoms with van der Waals surface area (Å²) in [5.74, 6) is -0.145. The Kier molecular flexibility index (Phi) is 5.41. The SMILES string of the molecule is CCOC1(OC)CCCC2C(C(=O)N(C)OC)=CCCC21. The standard InChI is InChI=1S/C16H27NO4/c1-5-21-16(19-3)11-7-9-12-13(8-6-10-14(12)16)15(18)17(2)20-4/h8,12,14H,5-7,9-11H2,1-4H3. The van der Waals surface area contributed by atoms with Crippen molar-refractivity contribution in [1.29, 1.82) is 0 Å². The molecule has 0 saturated heterocycles. The van der Waals surface area contributed by atoms with Gasteiger partial charge in [-0.05, 0) is 38.5 Å². The molecular weight excluding hydrogens is 270 g/mol. The minimum atomic E-state index is -0.539. The summed E-state index contributed by atoms with van der Waals surface area (Å²) < 4.78 is 11.8. The van der Waals surface area contributed by atoms with Crippen molar-refractivity contribution in [3.63, 3.8) is 0 Å². The van der Waals surface area contributed by atoms with Crippen LogP contribution in [0.25, 0.3) is 0 Å². The molecule has 0 aromatic heterocycles. The number of nitrogens with zero attached hydrogens (tertiary/aromatic N) is 1. The Hall–Kier alpha value is -0.910. The summed E-state index contributed by atoms with van der Waals surface area (Å²) in [6.07, 6.45) is 6.88. The average molecular weight is 297 g/mol. The van der Waals surface area contributed by atoms with Crippen LogP contribution >= 0.6 is 0 Å². The first kappa shape index (κ1) is 16.5. The number of amides is 1. The first-order valence-electron chi connectivity index (χ1n) is 7.81. The van der Waals surface area contributed by atoms with E-state index < -0.39 is 5.79 Å². The van der Waals surface area contributed by atoms with Gasteiger partial charge in [-0.25, -0.2) is 5.06 Å². The van der Waals surface area contributed by atoms with Crippen molar-refractivity contribution in [3.05, 3.63) is 11.6 Å². The van der Waals surface area contributed by atoms with Gasteiger partial charge in [-0.2, -0.15) is 0 Å². The fourth-order valence-corrected chi connectivity index (χ4v) is 3.87. The van der Waals surface area contributed by atoms with Gasteiger partial charge in [0.1, 0.15) is 0 Å². The first-order chi connectivity index (χ1) is 10.1. The minimum absolute atomic E-state index is 0.0457. The lowest BCUT2D eigenvalue weighted by molar-refractivity contribution is -0.275. The molecule has 0 spiro atoms. The number of hydrogen-bond donors (Lipinski definition) is 0. The van der Waals surface area contributed by atoms with Gasteiger partial charge in [-0.3, -0.25) is 9.63 Å². The van der Waals surface area contributed by atoms with Crippen LogP contribution in [0.1, 0.15) is 39.0 Å². The molecule has 2 aliphatic rings. The van der Waals surface area contributed by atoms with Gasteiger partial charge in [0.05, 0.1) is 7.11 Å². The largest absolute Gasteiger partial charge is 0.353 e. The van der Waals surface area contributed by atoms with Gasteiger partial charge in [0.2, 0.25) is 0 Å². The van der Waals surface area contributed by atoms with Gasteiger partial charge in [0.25, 0.3) is 5.91 Å². The zero-order valence-corrected chi connectivity index (χ0v) is 13.6. The zero-order chi connectivity index (χ0) is 15.5. The Balaban J connectivity index is 2.26. The second kappa shape index (κ2) is 6.90. The predicted molar refractivity (Wildman–Crippen MR) is 79.3 cm³/mol. The van der Waals surface area contributed by atoms with Crippen LogP contribution in [-0.2, 0) is 19.1 Å². The van der Waals surface area contributed by atoms with E-state index in [1.165, 1.54) is 12.2 Å². The molecule has 0 aromatic rings. The average Bonchev–Trinajstić information content (AvgIpc) is 2.53. The topological polar surface area (TPSA) is 48.0 Å². The molecule has 5 nitrogen and oxygen atoms in total. The molecule has 3 unspecified atom stereocenters. The van der Waals surface area contributed by atoms with Crippen LogP contribution in [0.2, 0.25) is 0 Å². The number of rotatable bonds is 5. The number of carbonyl (C=O) groups is 1. The van der Waals surface area contributed by atoms with E-state index in [4.69, 9.17) is 14.3 Å². The number of hydroxylamine groups is 2. The van der Waals surface area contributed by atoms with Crippen molar-refractivity contribution < 1.29 is 19.1 Å². The number of carbonyl (C=O) groups excluding carboxylic acids is 1. The van der Waals surface area contributed by atoms with Crippen molar-refractivity contribution in [2.24, 2.45) is 11.8 Å². The number of hydrogen-bond acceptors (Lipinski definition) is 4. The van der Waals surface area contributed by atoms with E-state index in [2.05, 4.69) is 6.08 Å². The number of fused-ring (bicyclic) bond motifs is 1. The Labute approximate surface area is 127 Å². The van der Waals surface area contributed by atoms with Crippen molar-refractivity contribution >= 4 is 5.91 Å². The van der Waals surface area contributed by atoms with Crippen LogP contribution < -0.4 is 0 Å². The maximum atomic E-state index is 12.5. The highest BCUT2D eigenvalue weighted by Crippen LogP contribution is 2.48. The van der Waals surface area contributed by atoms with Gasteiger partial charge in [-0.15, -0.1) is 0 Å². The zero-order valence-electron chi connectivity index (χ0n) is 13.6. The highest BCUT2D eigenvalue weighted by Gasteiger charge is 2.49. The summed E-state index contributed by atoms with van der Waals surface area (Å²) >= 11 is 0. The van der Waals surface area contributed by atoms with E-state index in [-0.39, 0.29) is 17.7 Å². The second-order valence-corrected chi connectivity index (χ2v) is 5.78. The summed E-state index contributed by atoms with van der Waals surface area (Å²) in [5, 5.41) is 1.30. The summed E-state index contributed by atoms with van der Waals surface area (Å²) in [6, 6.07) is 0.